The fraction of sp³-hybridized carbons (Fsp3) is 0.381. The molecule has 2 aromatic rings. The molecule has 0 saturated carbocycles. The predicted octanol–water partition coefficient (Wildman–Crippen LogP) is 2.85. The number of fused-ring (bicyclic) bond motifs is 1. The molecule has 1 N–H and O–H groups in total. The summed E-state index contributed by atoms with van der Waals surface area (Å²) in [5, 5.41) is 2.95. The van der Waals surface area contributed by atoms with Crippen LogP contribution < -0.4 is 19.7 Å². The molecule has 0 aliphatic carbocycles. The Morgan fingerprint density at radius 2 is 1.67 bits per heavy atom. The number of rotatable bonds is 4. The highest BCUT2D eigenvalue weighted by molar-refractivity contribution is 6.04. The van der Waals surface area contributed by atoms with Crippen molar-refractivity contribution in [3.63, 3.8) is 0 Å². The maximum absolute atomic E-state index is 12.5. The Kier molecular flexibility index (Phi) is 5.16. The summed E-state index contributed by atoms with van der Waals surface area (Å²) in [4.78, 5) is 17.4. The second-order valence-corrected chi connectivity index (χ2v) is 6.78. The standard InChI is InChI=1S/C21H25N3O3/c1-2-23-9-11-24(12-10-23)18-6-4-17(5-7-18)22-21(25)16-3-8-19-20(15-16)27-14-13-26-19/h3-8,15H,2,9-14H2,1H3,(H,22,25). The van der Waals surface area contributed by atoms with Crippen LogP contribution in [0, 0.1) is 0 Å². The smallest absolute Gasteiger partial charge is 0.255 e. The number of amides is 1. The molecule has 27 heavy (non-hydrogen) atoms. The second kappa shape index (κ2) is 7.88. The Balaban J connectivity index is 1.39. The van der Waals surface area contributed by atoms with Crippen LogP contribution in [0.25, 0.3) is 0 Å². The molecule has 0 bridgehead atoms. The first-order valence-corrected chi connectivity index (χ1v) is 9.51. The van der Waals surface area contributed by atoms with E-state index in [0.29, 0.717) is 30.3 Å². The van der Waals surface area contributed by atoms with E-state index in [9.17, 15) is 4.79 Å². The van der Waals surface area contributed by atoms with Gasteiger partial charge in [0.1, 0.15) is 13.2 Å². The highest BCUT2D eigenvalue weighted by Crippen LogP contribution is 2.31. The Morgan fingerprint density at radius 3 is 2.37 bits per heavy atom. The highest BCUT2D eigenvalue weighted by atomic mass is 16.6. The summed E-state index contributed by atoms with van der Waals surface area (Å²) in [6.07, 6.45) is 0. The molecule has 2 heterocycles. The first kappa shape index (κ1) is 17.7. The van der Waals surface area contributed by atoms with Gasteiger partial charge >= 0.3 is 0 Å². The number of nitrogens with one attached hydrogen (secondary N) is 1. The van der Waals surface area contributed by atoms with Gasteiger partial charge in [-0.2, -0.15) is 0 Å². The van der Waals surface area contributed by atoms with Crippen LogP contribution in [0.5, 0.6) is 11.5 Å². The topological polar surface area (TPSA) is 54.0 Å². The average Bonchev–Trinajstić information content (AvgIpc) is 2.74. The molecule has 1 amide bonds. The van der Waals surface area contributed by atoms with E-state index in [-0.39, 0.29) is 5.91 Å². The third-order valence-electron chi connectivity index (χ3n) is 5.11. The molecule has 2 aromatic carbocycles. The molecule has 142 valence electrons. The van der Waals surface area contributed by atoms with E-state index in [2.05, 4.69) is 34.2 Å². The monoisotopic (exact) mass is 367 g/mol. The van der Waals surface area contributed by atoms with E-state index in [1.807, 2.05) is 12.1 Å². The summed E-state index contributed by atoms with van der Waals surface area (Å²) in [6, 6.07) is 13.3. The van der Waals surface area contributed by atoms with Crippen LogP contribution in [0.3, 0.4) is 0 Å². The van der Waals surface area contributed by atoms with Gasteiger partial charge in [-0.05, 0) is 49.0 Å². The largest absolute Gasteiger partial charge is 0.486 e. The quantitative estimate of drug-likeness (QED) is 0.901. The van der Waals surface area contributed by atoms with E-state index in [1.165, 1.54) is 5.69 Å². The molecule has 4 rings (SSSR count). The molecule has 0 spiro atoms. The van der Waals surface area contributed by atoms with E-state index in [4.69, 9.17) is 9.47 Å². The third kappa shape index (κ3) is 4.01. The van der Waals surface area contributed by atoms with Crippen molar-refractivity contribution in [2.24, 2.45) is 0 Å². The van der Waals surface area contributed by atoms with Crippen molar-refractivity contribution in [3.8, 4) is 11.5 Å². The number of carbonyl (C=O) groups excluding carboxylic acids is 1. The van der Waals surface area contributed by atoms with Crippen molar-refractivity contribution in [2.75, 3.05) is 56.2 Å². The summed E-state index contributed by atoms with van der Waals surface area (Å²) in [6.45, 7) is 8.63. The second-order valence-electron chi connectivity index (χ2n) is 6.78. The van der Waals surface area contributed by atoms with Crippen molar-refractivity contribution in [3.05, 3.63) is 48.0 Å². The van der Waals surface area contributed by atoms with Crippen LogP contribution in [0.15, 0.2) is 42.5 Å². The fourth-order valence-corrected chi connectivity index (χ4v) is 3.47. The van der Waals surface area contributed by atoms with Crippen molar-refractivity contribution in [1.29, 1.82) is 0 Å². The Labute approximate surface area is 159 Å². The lowest BCUT2D eigenvalue weighted by Crippen LogP contribution is -2.46. The average molecular weight is 367 g/mol. The number of anilines is 2. The van der Waals surface area contributed by atoms with Crippen molar-refractivity contribution < 1.29 is 14.3 Å². The molecule has 1 fully saturated rings. The first-order valence-electron chi connectivity index (χ1n) is 9.51. The summed E-state index contributed by atoms with van der Waals surface area (Å²) >= 11 is 0. The zero-order chi connectivity index (χ0) is 18.6. The lowest BCUT2D eigenvalue weighted by Gasteiger charge is -2.35. The van der Waals surface area contributed by atoms with Gasteiger partial charge in [-0.15, -0.1) is 0 Å². The van der Waals surface area contributed by atoms with E-state index in [0.717, 1.165) is 38.4 Å². The molecular weight excluding hydrogens is 342 g/mol. The van der Waals surface area contributed by atoms with E-state index < -0.39 is 0 Å². The van der Waals surface area contributed by atoms with Crippen molar-refractivity contribution in [2.45, 2.75) is 6.92 Å². The number of piperazine rings is 1. The lowest BCUT2D eigenvalue weighted by molar-refractivity contribution is 0.102. The zero-order valence-corrected chi connectivity index (χ0v) is 15.6. The summed E-state index contributed by atoms with van der Waals surface area (Å²) in [7, 11) is 0. The number of benzene rings is 2. The summed E-state index contributed by atoms with van der Waals surface area (Å²) in [5.74, 6) is 1.15. The Morgan fingerprint density at radius 1 is 0.963 bits per heavy atom. The van der Waals surface area contributed by atoms with Gasteiger partial charge in [-0.1, -0.05) is 6.92 Å². The highest BCUT2D eigenvalue weighted by Gasteiger charge is 2.17. The Hall–Kier alpha value is -2.73. The van der Waals surface area contributed by atoms with Gasteiger partial charge in [0.05, 0.1) is 0 Å². The van der Waals surface area contributed by atoms with Gasteiger partial charge in [-0.25, -0.2) is 0 Å². The molecule has 1 saturated heterocycles. The van der Waals surface area contributed by atoms with Crippen LogP contribution in [-0.4, -0.2) is 56.7 Å². The van der Waals surface area contributed by atoms with Crippen LogP contribution in [-0.2, 0) is 0 Å². The third-order valence-corrected chi connectivity index (χ3v) is 5.11. The number of likely N-dealkylation sites (N-methyl/N-ethyl adjacent to an activating group) is 1. The first-order chi connectivity index (χ1) is 13.2. The predicted molar refractivity (Wildman–Crippen MR) is 106 cm³/mol. The number of nitrogens with zero attached hydrogens (tertiary/aromatic N) is 2. The normalized spacial score (nSPS) is 16.9. The number of hydrogen-bond donors (Lipinski definition) is 1. The minimum absolute atomic E-state index is 0.156. The number of carbonyl (C=O) groups is 1. The van der Waals surface area contributed by atoms with Gasteiger partial charge in [0.25, 0.3) is 5.91 Å². The summed E-state index contributed by atoms with van der Waals surface area (Å²) < 4.78 is 11.0. The van der Waals surface area contributed by atoms with Gasteiger partial charge < -0.3 is 24.6 Å². The molecule has 6 heteroatoms. The molecule has 6 nitrogen and oxygen atoms in total. The molecule has 0 atom stereocenters. The van der Waals surface area contributed by atoms with Crippen LogP contribution in [0.4, 0.5) is 11.4 Å². The fourth-order valence-electron chi connectivity index (χ4n) is 3.47. The molecular formula is C21H25N3O3. The van der Waals surface area contributed by atoms with Crippen LogP contribution >= 0.6 is 0 Å². The van der Waals surface area contributed by atoms with Gasteiger partial charge in [0.2, 0.25) is 0 Å². The summed E-state index contributed by atoms with van der Waals surface area (Å²) in [5.41, 5.74) is 2.54. The maximum Gasteiger partial charge on any atom is 0.255 e. The van der Waals surface area contributed by atoms with Gasteiger partial charge in [0, 0.05) is 43.1 Å². The van der Waals surface area contributed by atoms with E-state index in [1.54, 1.807) is 18.2 Å². The SMILES string of the molecule is CCN1CCN(c2ccc(NC(=O)c3ccc4c(c3)OCCO4)cc2)CC1. The van der Waals surface area contributed by atoms with Gasteiger partial charge in [-0.3, -0.25) is 4.79 Å². The zero-order valence-electron chi connectivity index (χ0n) is 15.6. The van der Waals surface area contributed by atoms with E-state index >= 15 is 0 Å². The molecule has 2 aliphatic heterocycles. The molecule has 0 radical (unpaired) electrons. The van der Waals surface area contributed by atoms with Crippen molar-refractivity contribution in [1.82, 2.24) is 4.90 Å². The minimum atomic E-state index is -0.156. The molecule has 0 unspecified atom stereocenters. The lowest BCUT2D eigenvalue weighted by atomic mass is 10.1. The van der Waals surface area contributed by atoms with Crippen LogP contribution in [0.2, 0.25) is 0 Å². The van der Waals surface area contributed by atoms with Gasteiger partial charge in [0.15, 0.2) is 11.5 Å². The molecule has 0 aromatic heterocycles. The number of ether oxygens (including phenoxy) is 2. The number of hydrogen-bond acceptors (Lipinski definition) is 5. The van der Waals surface area contributed by atoms with Crippen molar-refractivity contribution >= 4 is 17.3 Å². The maximum atomic E-state index is 12.5. The Bertz CT molecular complexity index is 799. The minimum Gasteiger partial charge on any atom is -0.486 e. The molecule has 2 aliphatic rings. The van der Waals surface area contributed by atoms with Crippen LogP contribution in [0.1, 0.15) is 17.3 Å².